The Kier molecular flexibility index (Phi) is 5.48. The summed E-state index contributed by atoms with van der Waals surface area (Å²) >= 11 is 0. The SMILES string of the molecule is O=Cc1ccc(OCCNC(=O)Nc2ccc(F)cc2)cc1. The van der Waals surface area contributed by atoms with Gasteiger partial charge < -0.3 is 15.4 Å². The van der Waals surface area contributed by atoms with E-state index in [1.54, 1.807) is 24.3 Å². The number of carbonyl (C=O) groups is 2. The Morgan fingerprint density at radius 1 is 1.09 bits per heavy atom. The van der Waals surface area contributed by atoms with E-state index in [-0.39, 0.29) is 12.4 Å². The highest BCUT2D eigenvalue weighted by Gasteiger charge is 2.01. The van der Waals surface area contributed by atoms with Crippen molar-refractivity contribution in [2.24, 2.45) is 0 Å². The fraction of sp³-hybridized carbons (Fsp3) is 0.125. The van der Waals surface area contributed by atoms with Gasteiger partial charge in [-0.25, -0.2) is 9.18 Å². The summed E-state index contributed by atoms with van der Waals surface area (Å²) < 4.78 is 18.1. The van der Waals surface area contributed by atoms with Gasteiger partial charge in [0.2, 0.25) is 0 Å². The van der Waals surface area contributed by atoms with Gasteiger partial charge in [-0.3, -0.25) is 4.79 Å². The number of aldehydes is 1. The van der Waals surface area contributed by atoms with Crippen molar-refractivity contribution in [1.82, 2.24) is 5.32 Å². The number of ether oxygens (including phenoxy) is 1. The zero-order chi connectivity index (χ0) is 15.8. The van der Waals surface area contributed by atoms with E-state index in [2.05, 4.69) is 10.6 Å². The maximum atomic E-state index is 12.7. The van der Waals surface area contributed by atoms with Gasteiger partial charge in [0.25, 0.3) is 0 Å². The Morgan fingerprint density at radius 3 is 2.41 bits per heavy atom. The van der Waals surface area contributed by atoms with Crippen LogP contribution in [0.4, 0.5) is 14.9 Å². The summed E-state index contributed by atoms with van der Waals surface area (Å²) in [4.78, 5) is 22.1. The van der Waals surface area contributed by atoms with Crippen molar-refractivity contribution in [3.05, 3.63) is 59.9 Å². The van der Waals surface area contributed by atoms with Gasteiger partial charge in [0.15, 0.2) is 0 Å². The van der Waals surface area contributed by atoms with Gasteiger partial charge in [0.1, 0.15) is 24.5 Å². The molecule has 0 unspecified atom stereocenters. The van der Waals surface area contributed by atoms with Gasteiger partial charge in [-0.2, -0.15) is 0 Å². The molecule has 0 heterocycles. The number of anilines is 1. The fourth-order valence-electron chi connectivity index (χ4n) is 1.68. The molecule has 2 aromatic carbocycles. The number of rotatable bonds is 6. The van der Waals surface area contributed by atoms with E-state index in [0.717, 1.165) is 6.29 Å². The lowest BCUT2D eigenvalue weighted by molar-refractivity contribution is 0.112. The van der Waals surface area contributed by atoms with Gasteiger partial charge in [-0.1, -0.05) is 0 Å². The van der Waals surface area contributed by atoms with E-state index in [9.17, 15) is 14.0 Å². The van der Waals surface area contributed by atoms with Gasteiger partial charge in [0, 0.05) is 11.3 Å². The van der Waals surface area contributed by atoms with Crippen LogP contribution in [0.1, 0.15) is 10.4 Å². The molecule has 0 saturated carbocycles. The highest BCUT2D eigenvalue weighted by Crippen LogP contribution is 2.10. The number of halogens is 1. The quantitative estimate of drug-likeness (QED) is 0.637. The highest BCUT2D eigenvalue weighted by molar-refractivity contribution is 5.89. The smallest absolute Gasteiger partial charge is 0.319 e. The van der Waals surface area contributed by atoms with Gasteiger partial charge in [-0.05, 0) is 48.5 Å². The van der Waals surface area contributed by atoms with E-state index in [1.807, 2.05) is 0 Å². The first-order chi connectivity index (χ1) is 10.7. The second-order valence-corrected chi connectivity index (χ2v) is 4.42. The topological polar surface area (TPSA) is 67.4 Å². The zero-order valence-corrected chi connectivity index (χ0v) is 11.7. The molecule has 0 aliphatic heterocycles. The molecule has 2 rings (SSSR count). The average Bonchev–Trinajstić information content (AvgIpc) is 2.54. The lowest BCUT2D eigenvalue weighted by atomic mass is 10.2. The Balaban J connectivity index is 1.68. The molecule has 2 N–H and O–H groups in total. The standard InChI is InChI=1S/C16H15FN2O3/c17-13-3-5-14(6-4-13)19-16(21)18-9-10-22-15-7-1-12(11-20)2-8-15/h1-8,11H,9-10H2,(H2,18,19,21). The van der Waals surface area contributed by atoms with Gasteiger partial charge in [0.05, 0.1) is 6.54 Å². The van der Waals surface area contributed by atoms with Crippen LogP contribution in [-0.4, -0.2) is 25.5 Å². The zero-order valence-electron chi connectivity index (χ0n) is 11.7. The molecule has 0 aliphatic rings. The number of amides is 2. The van der Waals surface area contributed by atoms with Crippen molar-refractivity contribution in [1.29, 1.82) is 0 Å². The summed E-state index contributed by atoms with van der Waals surface area (Å²) in [6.07, 6.45) is 0.755. The van der Waals surface area contributed by atoms with E-state index in [1.165, 1.54) is 24.3 Å². The minimum Gasteiger partial charge on any atom is -0.492 e. The molecule has 2 amide bonds. The van der Waals surface area contributed by atoms with Crippen molar-refractivity contribution >= 4 is 18.0 Å². The molecule has 0 aromatic heterocycles. The molecule has 6 heteroatoms. The van der Waals surface area contributed by atoms with Gasteiger partial charge in [-0.15, -0.1) is 0 Å². The molecular formula is C16H15FN2O3. The molecule has 2 aromatic rings. The van der Waals surface area contributed by atoms with Crippen LogP contribution >= 0.6 is 0 Å². The van der Waals surface area contributed by atoms with Crippen molar-refractivity contribution < 1.29 is 18.7 Å². The van der Waals surface area contributed by atoms with Crippen LogP contribution < -0.4 is 15.4 Å². The Hall–Kier alpha value is -2.89. The van der Waals surface area contributed by atoms with Gasteiger partial charge >= 0.3 is 6.03 Å². The van der Waals surface area contributed by atoms with Crippen molar-refractivity contribution in [3.63, 3.8) is 0 Å². The van der Waals surface area contributed by atoms with Crippen molar-refractivity contribution in [2.45, 2.75) is 0 Å². The normalized spacial score (nSPS) is 9.86. The maximum absolute atomic E-state index is 12.7. The maximum Gasteiger partial charge on any atom is 0.319 e. The van der Waals surface area contributed by atoms with Crippen LogP contribution in [0.15, 0.2) is 48.5 Å². The fourth-order valence-corrected chi connectivity index (χ4v) is 1.68. The summed E-state index contributed by atoms with van der Waals surface area (Å²) in [5.74, 6) is 0.256. The predicted molar refractivity (Wildman–Crippen MR) is 80.7 cm³/mol. The average molecular weight is 302 g/mol. The Labute approximate surface area is 127 Å². The largest absolute Gasteiger partial charge is 0.492 e. The van der Waals surface area contributed by atoms with E-state index < -0.39 is 6.03 Å². The minimum atomic E-state index is -0.397. The lowest BCUT2D eigenvalue weighted by Gasteiger charge is -2.09. The summed E-state index contributed by atoms with van der Waals surface area (Å²) in [5.41, 5.74) is 1.08. The first-order valence-electron chi connectivity index (χ1n) is 6.66. The van der Waals surface area contributed by atoms with Crippen LogP contribution in [0, 0.1) is 5.82 Å². The van der Waals surface area contributed by atoms with E-state index >= 15 is 0 Å². The summed E-state index contributed by atoms with van der Waals surface area (Å²) in [6, 6.07) is 11.7. The summed E-state index contributed by atoms with van der Waals surface area (Å²) in [7, 11) is 0. The Morgan fingerprint density at radius 2 is 1.77 bits per heavy atom. The molecule has 114 valence electrons. The molecule has 0 fully saturated rings. The number of hydrogen-bond acceptors (Lipinski definition) is 3. The predicted octanol–water partition coefficient (Wildman–Crippen LogP) is 2.84. The molecule has 0 aliphatic carbocycles. The van der Waals surface area contributed by atoms with Crippen LogP contribution in [-0.2, 0) is 0 Å². The van der Waals surface area contributed by atoms with Crippen molar-refractivity contribution in [2.75, 3.05) is 18.5 Å². The minimum absolute atomic E-state index is 0.289. The second-order valence-electron chi connectivity index (χ2n) is 4.42. The highest BCUT2D eigenvalue weighted by atomic mass is 19.1. The molecule has 22 heavy (non-hydrogen) atoms. The molecule has 0 saturated heterocycles. The second kappa shape index (κ2) is 7.78. The third kappa shape index (κ3) is 4.90. The lowest BCUT2D eigenvalue weighted by Crippen LogP contribution is -2.32. The van der Waals surface area contributed by atoms with Crippen LogP contribution in [0.25, 0.3) is 0 Å². The third-order valence-corrected chi connectivity index (χ3v) is 2.77. The van der Waals surface area contributed by atoms with Crippen molar-refractivity contribution in [3.8, 4) is 5.75 Å². The number of carbonyl (C=O) groups excluding carboxylic acids is 2. The first-order valence-corrected chi connectivity index (χ1v) is 6.66. The first kappa shape index (κ1) is 15.5. The van der Waals surface area contributed by atoms with Crippen LogP contribution in [0.2, 0.25) is 0 Å². The van der Waals surface area contributed by atoms with E-state index in [4.69, 9.17) is 4.74 Å². The molecule has 0 spiro atoms. The number of urea groups is 1. The monoisotopic (exact) mass is 302 g/mol. The summed E-state index contributed by atoms with van der Waals surface area (Å²) in [5, 5.41) is 5.19. The molecule has 0 radical (unpaired) electrons. The summed E-state index contributed by atoms with van der Waals surface area (Å²) in [6.45, 7) is 0.597. The number of hydrogen-bond donors (Lipinski definition) is 2. The molecule has 0 atom stereocenters. The number of benzene rings is 2. The molecular weight excluding hydrogens is 287 g/mol. The third-order valence-electron chi connectivity index (χ3n) is 2.77. The van der Waals surface area contributed by atoms with Crippen LogP contribution in [0.5, 0.6) is 5.75 Å². The Bertz CT molecular complexity index is 627. The molecule has 5 nitrogen and oxygen atoms in total. The molecule has 0 bridgehead atoms. The van der Waals surface area contributed by atoms with Crippen LogP contribution in [0.3, 0.4) is 0 Å². The number of nitrogens with one attached hydrogen (secondary N) is 2. The van der Waals surface area contributed by atoms with E-state index in [0.29, 0.717) is 23.5 Å².